The molecule has 0 aliphatic carbocycles. The number of aryl methyl sites for hydroxylation is 1. The van der Waals surface area contributed by atoms with Gasteiger partial charge in [-0.15, -0.1) is 0 Å². The first-order chi connectivity index (χ1) is 14.0. The normalized spacial score (nSPS) is 14.4. The van der Waals surface area contributed by atoms with Gasteiger partial charge >= 0.3 is 0 Å². The van der Waals surface area contributed by atoms with Gasteiger partial charge in [0.25, 0.3) is 11.8 Å². The standard InChI is InChI=1S/C22H17N5O2/c1-14-12-19(27(25-14)15-8-4-3-5-9-15)24-21(28)17(13-23)20-16-10-6-7-11-18(16)26(2)22(20)29/h3-12H,1-2H3,(H,24,28). The second-order valence-electron chi connectivity index (χ2n) is 6.62. The van der Waals surface area contributed by atoms with Gasteiger partial charge in [0.05, 0.1) is 22.6 Å². The van der Waals surface area contributed by atoms with Gasteiger partial charge < -0.3 is 10.2 Å². The van der Waals surface area contributed by atoms with Crippen LogP contribution >= 0.6 is 0 Å². The average molecular weight is 383 g/mol. The van der Waals surface area contributed by atoms with Crippen LogP contribution in [0.5, 0.6) is 0 Å². The van der Waals surface area contributed by atoms with Gasteiger partial charge in [-0.05, 0) is 25.1 Å². The van der Waals surface area contributed by atoms with Crippen LogP contribution < -0.4 is 10.2 Å². The average Bonchev–Trinajstić information content (AvgIpc) is 3.22. The predicted molar refractivity (Wildman–Crippen MR) is 109 cm³/mol. The fourth-order valence-corrected chi connectivity index (χ4v) is 3.36. The first kappa shape index (κ1) is 18.2. The van der Waals surface area contributed by atoms with E-state index in [9.17, 15) is 14.9 Å². The summed E-state index contributed by atoms with van der Waals surface area (Å²) < 4.78 is 1.59. The maximum atomic E-state index is 13.0. The van der Waals surface area contributed by atoms with Gasteiger partial charge in [0.15, 0.2) is 0 Å². The molecule has 3 aromatic rings. The number of amides is 2. The molecule has 0 spiro atoms. The smallest absolute Gasteiger partial charge is 0.268 e. The van der Waals surface area contributed by atoms with E-state index in [1.165, 1.54) is 4.90 Å². The highest BCUT2D eigenvalue weighted by atomic mass is 16.2. The van der Waals surface area contributed by atoms with Crippen molar-refractivity contribution in [3.05, 3.63) is 77.5 Å². The molecule has 0 radical (unpaired) electrons. The molecule has 0 saturated heterocycles. The van der Waals surface area contributed by atoms with Crippen LogP contribution in [-0.2, 0) is 9.59 Å². The van der Waals surface area contributed by atoms with Gasteiger partial charge in [-0.25, -0.2) is 4.68 Å². The van der Waals surface area contributed by atoms with Crippen LogP contribution in [0, 0.1) is 18.3 Å². The Kier molecular flexibility index (Phi) is 4.45. The van der Waals surface area contributed by atoms with E-state index in [0.717, 1.165) is 5.69 Å². The Hall–Kier alpha value is -4.18. The van der Waals surface area contributed by atoms with Crippen LogP contribution in [0.15, 0.2) is 66.2 Å². The number of para-hydroxylation sites is 2. The van der Waals surface area contributed by atoms with E-state index in [0.29, 0.717) is 22.8 Å². The summed E-state index contributed by atoms with van der Waals surface area (Å²) in [6.45, 7) is 1.81. The number of nitrogens with one attached hydrogen (secondary N) is 1. The molecule has 0 saturated carbocycles. The number of carbonyl (C=O) groups excluding carboxylic acids is 2. The molecule has 7 heteroatoms. The lowest BCUT2D eigenvalue weighted by Crippen LogP contribution is -2.23. The zero-order valence-electron chi connectivity index (χ0n) is 15.9. The number of fused-ring (bicyclic) bond motifs is 1. The minimum absolute atomic E-state index is 0.102. The maximum Gasteiger partial charge on any atom is 0.268 e. The molecule has 7 nitrogen and oxygen atoms in total. The molecule has 0 bridgehead atoms. The molecule has 0 unspecified atom stereocenters. The highest BCUT2D eigenvalue weighted by molar-refractivity contribution is 6.37. The van der Waals surface area contributed by atoms with Crippen LogP contribution in [0.25, 0.3) is 11.3 Å². The summed E-state index contributed by atoms with van der Waals surface area (Å²) in [5.41, 5.74) is 2.58. The summed E-state index contributed by atoms with van der Waals surface area (Å²) in [5.74, 6) is -0.622. The number of likely N-dealkylation sites (N-methyl/N-ethyl adjacent to an activating group) is 1. The SMILES string of the molecule is Cc1cc(NC(=O)C(C#N)=C2C(=O)N(C)c3ccccc32)n(-c2ccccc2)n1. The van der Waals surface area contributed by atoms with Gasteiger partial charge in [0, 0.05) is 18.7 Å². The van der Waals surface area contributed by atoms with Gasteiger partial charge in [0.2, 0.25) is 0 Å². The summed E-state index contributed by atoms with van der Waals surface area (Å²) in [6.07, 6.45) is 0. The molecule has 2 amide bonds. The Labute approximate surface area is 167 Å². The summed E-state index contributed by atoms with van der Waals surface area (Å²) >= 11 is 0. The number of aromatic nitrogens is 2. The summed E-state index contributed by atoms with van der Waals surface area (Å²) in [7, 11) is 1.62. The molecule has 1 aliphatic rings. The quantitative estimate of drug-likeness (QED) is 0.556. The number of nitriles is 1. The van der Waals surface area contributed by atoms with E-state index in [1.54, 1.807) is 42.1 Å². The first-order valence-electron chi connectivity index (χ1n) is 8.96. The van der Waals surface area contributed by atoms with Crippen molar-refractivity contribution in [3.8, 4) is 11.8 Å². The van der Waals surface area contributed by atoms with Gasteiger partial charge in [-0.2, -0.15) is 10.4 Å². The summed E-state index contributed by atoms with van der Waals surface area (Å²) in [4.78, 5) is 27.2. The molecule has 1 aromatic heterocycles. The second-order valence-corrected chi connectivity index (χ2v) is 6.62. The van der Waals surface area contributed by atoms with Crippen molar-refractivity contribution in [1.29, 1.82) is 5.26 Å². The lowest BCUT2D eigenvalue weighted by Gasteiger charge is -2.10. The molecule has 142 valence electrons. The van der Waals surface area contributed by atoms with Crippen molar-refractivity contribution in [2.24, 2.45) is 0 Å². The Balaban J connectivity index is 1.76. The summed E-state index contributed by atoms with van der Waals surface area (Å²) in [5, 5.41) is 16.8. The third-order valence-corrected chi connectivity index (χ3v) is 4.72. The monoisotopic (exact) mass is 383 g/mol. The van der Waals surface area contributed by atoms with E-state index in [-0.39, 0.29) is 17.1 Å². The van der Waals surface area contributed by atoms with Crippen molar-refractivity contribution >= 4 is 28.9 Å². The Morgan fingerprint density at radius 1 is 1.10 bits per heavy atom. The van der Waals surface area contributed by atoms with Gasteiger partial charge in [-0.1, -0.05) is 36.4 Å². The van der Waals surface area contributed by atoms with Crippen molar-refractivity contribution in [3.63, 3.8) is 0 Å². The van der Waals surface area contributed by atoms with Crippen LogP contribution in [0.2, 0.25) is 0 Å². The van der Waals surface area contributed by atoms with Gasteiger partial charge in [0.1, 0.15) is 17.5 Å². The molecule has 2 aromatic carbocycles. The maximum absolute atomic E-state index is 13.0. The zero-order chi connectivity index (χ0) is 20.5. The molecule has 1 N–H and O–H groups in total. The number of benzene rings is 2. The van der Waals surface area contributed by atoms with Crippen molar-refractivity contribution in [2.45, 2.75) is 6.92 Å². The third kappa shape index (κ3) is 3.07. The first-order valence-corrected chi connectivity index (χ1v) is 8.96. The van der Waals surface area contributed by atoms with E-state index in [4.69, 9.17) is 0 Å². The molecule has 1 aliphatic heterocycles. The van der Waals surface area contributed by atoms with Gasteiger partial charge in [-0.3, -0.25) is 9.59 Å². The predicted octanol–water partition coefficient (Wildman–Crippen LogP) is 3.07. The molecule has 0 fully saturated rings. The summed E-state index contributed by atoms with van der Waals surface area (Å²) in [6, 6.07) is 20.0. The third-order valence-electron chi connectivity index (χ3n) is 4.72. The highest BCUT2D eigenvalue weighted by Gasteiger charge is 2.34. The number of carbonyl (C=O) groups is 2. The van der Waals surface area contributed by atoms with Crippen molar-refractivity contribution < 1.29 is 9.59 Å². The molecule has 4 rings (SSSR count). The van der Waals surface area contributed by atoms with Crippen LogP contribution in [0.4, 0.5) is 11.5 Å². The van der Waals surface area contributed by atoms with E-state index in [2.05, 4.69) is 10.4 Å². The molecular weight excluding hydrogens is 366 g/mol. The van der Waals surface area contributed by atoms with E-state index >= 15 is 0 Å². The Morgan fingerprint density at radius 2 is 1.79 bits per heavy atom. The molecule has 0 atom stereocenters. The largest absolute Gasteiger partial charge is 0.311 e. The molecule has 29 heavy (non-hydrogen) atoms. The van der Waals surface area contributed by atoms with E-state index < -0.39 is 5.91 Å². The second kappa shape index (κ2) is 7.09. The van der Waals surface area contributed by atoms with Crippen molar-refractivity contribution in [2.75, 3.05) is 17.3 Å². The number of anilines is 2. The number of nitrogens with zero attached hydrogens (tertiary/aromatic N) is 4. The van der Waals surface area contributed by atoms with E-state index in [1.807, 2.05) is 43.3 Å². The minimum atomic E-state index is -0.655. The van der Waals surface area contributed by atoms with Crippen LogP contribution in [0.1, 0.15) is 11.3 Å². The highest BCUT2D eigenvalue weighted by Crippen LogP contribution is 2.37. The topological polar surface area (TPSA) is 91.0 Å². The fraction of sp³-hybridized carbons (Fsp3) is 0.0909. The molecular formula is C22H17N5O2. The van der Waals surface area contributed by atoms with Crippen LogP contribution in [-0.4, -0.2) is 28.6 Å². The minimum Gasteiger partial charge on any atom is -0.311 e. The van der Waals surface area contributed by atoms with Crippen LogP contribution in [0.3, 0.4) is 0 Å². The fourth-order valence-electron chi connectivity index (χ4n) is 3.36. The number of hydrogen-bond acceptors (Lipinski definition) is 4. The van der Waals surface area contributed by atoms with Crippen molar-refractivity contribution in [1.82, 2.24) is 9.78 Å². The Bertz CT molecular complexity index is 1200. The Morgan fingerprint density at radius 3 is 2.52 bits per heavy atom. The lowest BCUT2D eigenvalue weighted by atomic mass is 10.0. The number of hydrogen-bond donors (Lipinski definition) is 1. The zero-order valence-corrected chi connectivity index (χ0v) is 15.9. The molecule has 2 heterocycles. The number of rotatable bonds is 3. The lowest BCUT2D eigenvalue weighted by molar-refractivity contribution is -0.114.